The van der Waals surface area contributed by atoms with Crippen LogP contribution in [0.15, 0.2) is 12.1 Å². The summed E-state index contributed by atoms with van der Waals surface area (Å²) in [5.41, 5.74) is 5.42. The van der Waals surface area contributed by atoms with Crippen molar-refractivity contribution in [2.45, 2.75) is 26.4 Å². The number of nitrogens with two attached hydrogens (primary N) is 1. The normalized spacial score (nSPS) is 17.8. The van der Waals surface area contributed by atoms with Crippen LogP contribution in [0.25, 0.3) is 0 Å². The van der Waals surface area contributed by atoms with Crippen molar-refractivity contribution in [2.24, 2.45) is 11.1 Å². The van der Waals surface area contributed by atoms with Crippen LogP contribution in [-0.2, 0) is 6.42 Å². The molecule has 3 N–H and O–H groups in total. The molecule has 0 aliphatic rings. The molecule has 1 heterocycles. The highest BCUT2D eigenvalue weighted by Crippen LogP contribution is 2.30. The van der Waals surface area contributed by atoms with Crippen molar-refractivity contribution in [1.29, 1.82) is 0 Å². The maximum atomic E-state index is 9.63. The minimum absolute atomic E-state index is 0.256. The number of hydrogen-bond acceptors (Lipinski definition) is 3. The van der Waals surface area contributed by atoms with Gasteiger partial charge in [0.1, 0.15) is 0 Å². The van der Waals surface area contributed by atoms with Crippen molar-refractivity contribution < 1.29 is 5.11 Å². The molecule has 0 aliphatic carbocycles. The molecule has 1 rings (SSSR count). The second-order valence-electron chi connectivity index (χ2n) is 3.92. The van der Waals surface area contributed by atoms with Gasteiger partial charge < -0.3 is 10.8 Å². The Hall–Kier alpha value is -0.0900. The van der Waals surface area contributed by atoms with Crippen molar-refractivity contribution >= 4 is 22.9 Å². The first-order chi connectivity index (χ1) is 6.48. The average Bonchev–Trinajstić information content (AvgIpc) is 2.50. The summed E-state index contributed by atoms with van der Waals surface area (Å²) in [7, 11) is 0. The molecule has 1 aromatic rings. The number of rotatable bonds is 4. The van der Waals surface area contributed by atoms with Crippen LogP contribution in [0.5, 0.6) is 0 Å². The van der Waals surface area contributed by atoms with Crippen molar-refractivity contribution in [3.8, 4) is 0 Å². The molecule has 0 aromatic carbocycles. The van der Waals surface area contributed by atoms with E-state index in [1.807, 2.05) is 19.1 Å². The van der Waals surface area contributed by atoms with Crippen LogP contribution in [0.2, 0.25) is 4.34 Å². The molecular formula is C10H16ClNOS. The quantitative estimate of drug-likeness (QED) is 0.838. The van der Waals surface area contributed by atoms with Crippen molar-refractivity contribution in [1.82, 2.24) is 0 Å². The fraction of sp³-hybridized carbons (Fsp3) is 0.600. The first-order valence-corrected chi connectivity index (χ1v) is 5.80. The van der Waals surface area contributed by atoms with Crippen LogP contribution < -0.4 is 5.73 Å². The van der Waals surface area contributed by atoms with Crippen LogP contribution in [-0.4, -0.2) is 17.8 Å². The molecule has 0 saturated heterocycles. The molecule has 14 heavy (non-hydrogen) atoms. The Labute approximate surface area is 93.7 Å². The molecule has 1 aromatic heterocycles. The van der Waals surface area contributed by atoms with Gasteiger partial charge in [0.15, 0.2) is 0 Å². The zero-order valence-corrected chi connectivity index (χ0v) is 10.0. The molecule has 2 atom stereocenters. The molecule has 80 valence electrons. The third kappa shape index (κ3) is 2.70. The molecule has 4 heteroatoms. The fourth-order valence-electron chi connectivity index (χ4n) is 1.24. The molecule has 0 fully saturated rings. The van der Waals surface area contributed by atoms with E-state index < -0.39 is 6.10 Å². The van der Waals surface area contributed by atoms with E-state index in [0.29, 0.717) is 6.54 Å². The summed E-state index contributed by atoms with van der Waals surface area (Å²) < 4.78 is 0.782. The fourth-order valence-corrected chi connectivity index (χ4v) is 2.52. The lowest BCUT2D eigenvalue weighted by atomic mass is 9.81. The Balaban J connectivity index is 2.75. The zero-order chi connectivity index (χ0) is 10.8. The highest BCUT2D eigenvalue weighted by Gasteiger charge is 2.29. The second kappa shape index (κ2) is 4.62. The van der Waals surface area contributed by atoms with Gasteiger partial charge in [-0.3, -0.25) is 0 Å². The van der Waals surface area contributed by atoms with Gasteiger partial charge in [-0.1, -0.05) is 18.5 Å². The van der Waals surface area contributed by atoms with Gasteiger partial charge >= 0.3 is 0 Å². The monoisotopic (exact) mass is 233 g/mol. The Morgan fingerprint density at radius 2 is 2.29 bits per heavy atom. The lowest BCUT2D eigenvalue weighted by molar-refractivity contribution is 0.0595. The standard InChI is InChI=1S/C10H16ClNOS/c1-7(13)10(2,6-12)5-8-3-4-9(11)14-8/h3-4,7,13H,5-6,12H2,1-2H3. The first-order valence-electron chi connectivity index (χ1n) is 4.60. The average molecular weight is 234 g/mol. The Morgan fingerprint density at radius 3 is 2.64 bits per heavy atom. The Morgan fingerprint density at radius 1 is 1.64 bits per heavy atom. The minimum atomic E-state index is -0.409. The van der Waals surface area contributed by atoms with Crippen LogP contribution >= 0.6 is 22.9 Å². The smallest absolute Gasteiger partial charge is 0.0931 e. The van der Waals surface area contributed by atoms with Gasteiger partial charge in [-0.05, 0) is 25.5 Å². The lowest BCUT2D eigenvalue weighted by Gasteiger charge is -2.30. The largest absolute Gasteiger partial charge is 0.393 e. The summed E-state index contributed by atoms with van der Waals surface area (Å²) in [6.07, 6.45) is 0.367. The predicted molar refractivity (Wildman–Crippen MR) is 61.9 cm³/mol. The van der Waals surface area contributed by atoms with E-state index >= 15 is 0 Å². The number of aliphatic hydroxyl groups is 1. The maximum absolute atomic E-state index is 9.63. The third-order valence-corrected chi connectivity index (χ3v) is 3.91. The molecule has 0 aliphatic heterocycles. The molecule has 0 saturated carbocycles. The number of aliphatic hydroxyl groups excluding tert-OH is 1. The predicted octanol–water partition coefficient (Wildman–Crippen LogP) is 2.29. The molecule has 0 amide bonds. The summed E-state index contributed by atoms with van der Waals surface area (Å²) in [5.74, 6) is 0. The molecule has 2 unspecified atom stereocenters. The summed E-state index contributed by atoms with van der Waals surface area (Å²) in [4.78, 5) is 1.17. The van der Waals surface area contributed by atoms with Gasteiger partial charge in [0, 0.05) is 16.8 Å². The summed E-state index contributed by atoms with van der Waals surface area (Å²) in [5, 5.41) is 9.63. The van der Waals surface area contributed by atoms with Gasteiger partial charge in [0.2, 0.25) is 0 Å². The Bertz CT molecular complexity index is 300. The molecule has 0 spiro atoms. The van der Waals surface area contributed by atoms with Gasteiger partial charge in [-0.25, -0.2) is 0 Å². The van der Waals surface area contributed by atoms with Crippen LogP contribution in [0, 0.1) is 5.41 Å². The molecular weight excluding hydrogens is 218 g/mol. The summed E-state index contributed by atoms with van der Waals surface area (Å²) >= 11 is 7.38. The SMILES string of the molecule is CC(O)C(C)(CN)Cc1ccc(Cl)s1. The first kappa shape index (κ1) is 12.0. The zero-order valence-electron chi connectivity index (χ0n) is 8.46. The van der Waals surface area contributed by atoms with E-state index in [1.165, 1.54) is 4.88 Å². The molecule has 0 bridgehead atoms. The molecule has 0 radical (unpaired) electrons. The molecule has 2 nitrogen and oxygen atoms in total. The summed E-state index contributed by atoms with van der Waals surface area (Å²) in [6, 6.07) is 3.86. The van der Waals surface area contributed by atoms with Gasteiger partial charge in [-0.2, -0.15) is 0 Å². The Kier molecular flexibility index (Phi) is 3.95. The maximum Gasteiger partial charge on any atom is 0.0931 e. The highest BCUT2D eigenvalue weighted by atomic mass is 35.5. The van der Waals surface area contributed by atoms with Gasteiger partial charge in [-0.15, -0.1) is 11.3 Å². The van der Waals surface area contributed by atoms with Crippen molar-refractivity contribution in [2.75, 3.05) is 6.54 Å². The van der Waals surface area contributed by atoms with Crippen LogP contribution in [0.3, 0.4) is 0 Å². The van der Waals surface area contributed by atoms with E-state index in [-0.39, 0.29) is 5.41 Å². The van der Waals surface area contributed by atoms with E-state index in [4.69, 9.17) is 17.3 Å². The number of halogens is 1. The van der Waals surface area contributed by atoms with Crippen LogP contribution in [0.1, 0.15) is 18.7 Å². The van der Waals surface area contributed by atoms with Crippen LogP contribution in [0.4, 0.5) is 0 Å². The van der Waals surface area contributed by atoms with E-state index in [0.717, 1.165) is 10.8 Å². The van der Waals surface area contributed by atoms with E-state index in [9.17, 15) is 5.11 Å². The van der Waals surface area contributed by atoms with E-state index in [1.54, 1.807) is 18.3 Å². The third-order valence-electron chi connectivity index (χ3n) is 2.68. The van der Waals surface area contributed by atoms with E-state index in [2.05, 4.69) is 0 Å². The van der Waals surface area contributed by atoms with Crippen molar-refractivity contribution in [3.63, 3.8) is 0 Å². The summed E-state index contributed by atoms with van der Waals surface area (Å²) in [6.45, 7) is 4.24. The van der Waals surface area contributed by atoms with Crippen molar-refractivity contribution in [3.05, 3.63) is 21.3 Å². The number of thiophene rings is 1. The van der Waals surface area contributed by atoms with Gasteiger partial charge in [0.25, 0.3) is 0 Å². The second-order valence-corrected chi connectivity index (χ2v) is 5.72. The highest BCUT2D eigenvalue weighted by molar-refractivity contribution is 7.16. The van der Waals surface area contributed by atoms with Gasteiger partial charge in [0.05, 0.1) is 10.4 Å². The lowest BCUT2D eigenvalue weighted by Crippen LogP contribution is -2.39. The number of hydrogen-bond donors (Lipinski definition) is 2. The minimum Gasteiger partial charge on any atom is -0.393 e. The topological polar surface area (TPSA) is 46.2 Å².